The molecule has 0 N–H and O–H groups in total. The summed E-state index contributed by atoms with van der Waals surface area (Å²) < 4.78 is 5.84. The molecule has 0 saturated carbocycles. The van der Waals surface area contributed by atoms with Gasteiger partial charge in [0.25, 0.3) is 5.91 Å². The third-order valence-electron chi connectivity index (χ3n) is 5.47. The Kier molecular flexibility index (Phi) is 4.99. The van der Waals surface area contributed by atoms with Crippen molar-refractivity contribution in [3.8, 4) is 5.88 Å². The Balaban J connectivity index is 1.45. The Labute approximate surface area is 162 Å². The molecule has 2 amide bonds. The Bertz CT molecular complexity index is 873. The molecule has 8 heteroatoms. The third kappa shape index (κ3) is 3.63. The number of amides is 2. The Morgan fingerprint density at radius 1 is 1.22 bits per heavy atom. The monoisotopic (exact) mass is 388 g/mol. The number of hydrogen-bond donors (Lipinski definition) is 0. The molecule has 3 heterocycles. The first-order valence-corrected chi connectivity index (χ1v) is 10.3. The van der Waals surface area contributed by atoms with Gasteiger partial charge in [-0.1, -0.05) is 6.92 Å². The first-order chi connectivity index (χ1) is 13.0. The zero-order valence-electron chi connectivity index (χ0n) is 15.7. The molecule has 144 valence electrons. The van der Waals surface area contributed by atoms with Crippen LogP contribution in [0.4, 0.5) is 0 Å². The Morgan fingerprint density at radius 2 is 1.96 bits per heavy atom. The van der Waals surface area contributed by atoms with Gasteiger partial charge >= 0.3 is 0 Å². The number of carbonyl (C=O) groups excluding carboxylic acids is 2. The lowest BCUT2D eigenvalue weighted by molar-refractivity contribution is -0.139. The van der Waals surface area contributed by atoms with Crippen molar-refractivity contribution in [3.63, 3.8) is 0 Å². The number of piperazine rings is 1. The summed E-state index contributed by atoms with van der Waals surface area (Å²) in [5, 5.41) is 0.985. The van der Waals surface area contributed by atoms with E-state index in [0.29, 0.717) is 38.0 Å². The third-order valence-corrected chi connectivity index (χ3v) is 6.63. The predicted molar refractivity (Wildman–Crippen MR) is 103 cm³/mol. The van der Waals surface area contributed by atoms with Crippen molar-refractivity contribution >= 4 is 33.4 Å². The maximum absolute atomic E-state index is 12.5. The maximum atomic E-state index is 12.5. The highest BCUT2D eigenvalue weighted by Gasteiger charge is 2.25. The number of carbonyl (C=O) groups is 2. The molecular weight excluding hydrogens is 364 g/mol. The molecule has 0 bridgehead atoms. The van der Waals surface area contributed by atoms with Crippen molar-refractivity contribution in [1.82, 2.24) is 19.8 Å². The molecule has 2 aromatic heterocycles. The Hall–Kier alpha value is -2.22. The van der Waals surface area contributed by atoms with Gasteiger partial charge in [-0.15, -0.1) is 11.3 Å². The van der Waals surface area contributed by atoms with Crippen LogP contribution in [0, 0.1) is 5.92 Å². The summed E-state index contributed by atoms with van der Waals surface area (Å²) in [5.41, 5.74) is 1.30. The van der Waals surface area contributed by atoms with Gasteiger partial charge in [0.1, 0.15) is 11.2 Å². The van der Waals surface area contributed by atoms with Crippen molar-refractivity contribution < 1.29 is 14.3 Å². The highest BCUT2D eigenvalue weighted by Crippen LogP contribution is 2.40. The zero-order chi connectivity index (χ0) is 19.0. The van der Waals surface area contributed by atoms with E-state index >= 15 is 0 Å². The van der Waals surface area contributed by atoms with E-state index < -0.39 is 0 Å². The number of nitrogens with zero attached hydrogens (tertiary/aromatic N) is 4. The van der Waals surface area contributed by atoms with Crippen LogP contribution in [0.15, 0.2) is 6.33 Å². The average molecular weight is 388 g/mol. The van der Waals surface area contributed by atoms with E-state index in [9.17, 15) is 9.59 Å². The largest absolute Gasteiger partial charge is 0.467 e. The van der Waals surface area contributed by atoms with Crippen LogP contribution >= 0.6 is 11.3 Å². The molecule has 1 aliphatic heterocycles. The summed E-state index contributed by atoms with van der Waals surface area (Å²) in [5.74, 6) is 1.20. The zero-order valence-corrected chi connectivity index (χ0v) is 16.5. The fourth-order valence-corrected chi connectivity index (χ4v) is 5.19. The molecule has 1 aliphatic carbocycles. The van der Waals surface area contributed by atoms with Crippen molar-refractivity contribution in [1.29, 1.82) is 0 Å². The molecule has 4 rings (SSSR count). The molecule has 7 nitrogen and oxygen atoms in total. The number of ether oxygens (including phenoxy) is 1. The van der Waals surface area contributed by atoms with Crippen LogP contribution in [-0.2, 0) is 22.4 Å². The number of aromatic nitrogens is 2. The minimum atomic E-state index is -0.0670. The summed E-state index contributed by atoms with van der Waals surface area (Å²) in [6.45, 7) is 6.06. The molecule has 2 aliphatic rings. The van der Waals surface area contributed by atoms with Gasteiger partial charge < -0.3 is 14.5 Å². The van der Waals surface area contributed by atoms with Gasteiger partial charge in [0, 0.05) is 38.0 Å². The van der Waals surface area contributed by atoms with Crippen molar-refractivity contribution in [2.24, 2.45) is 5.92 Å². The van der Waals surface area contributed by atoms with Gasteiger partial charge in [0.2, 0.25) is 11.8 Å². The highest BCUT2D eigenvalue weighted by atomic mass is 32.1. The predicted octanol–water partition coefficient (Wildman–Crippen LogP) is 1.89. The number of fused-ring (bicyclic) bond motifs is 3. The molecule has 1 atom stereocenters. The van der Waals surface area contributed by atoms with E-state index in [0.717, 1.165) is 29.5 Å². The molecular formula is C19H24N4O3S. The van der Waals surface area contributed by atoms with E-state index in [4.69, 9.17) is 4.74 Å². The van der Waals surface area contributed by atoms with Crippen molar-refractivity contribution in [3.05, 3.63) is 16.8 Å². The second-order valence-corrected chi connectivity index (χ2v) is 8.47. The first-order valence-electron chi connectivity index (χ1n) is 9.44. The number of thiophene rings is 1. The van der Waals surface area contributed by atoms with E-state index in [2.05, 4.69) is 16.9 Å². The fourth-order valence-electron chi connectivity index (χ4n) is 3.85. The summed E-state index contributed by atoms with van der Waals surface area (Å²) in [6.07, 6.45) is 4.77. The van der Waals surface area contributed by atoms with Gasteiger partial charge in [-0.05, 0) is 30.7 Å². The Morgan fingerprint density at radius 3 is 2.70 bits per heavy atom. The summed E-state index contributed by atoms with van der Waals surface area (Å²) in [6, 6.07) is 0. The lowest BCUT2D eigenvalue weighted by atomic mass is 9.89. The minimum absolute atomic E-state index is 0.0345. The van der Waals surface area contributed by atoms with Gasteiger partial charge in [0.05, 0.1) is 5.39 Å². The summed E-state index contributed by atoms with van der Waals surface area (Å²) in [7, 11) is 0. The molecule has 0 radical (unpaired) electrons. The van der Waals surface area contributed by atoms with Gasteiger partial charge in [-0.25, -0.2) is 9.97 Å². The number of rotatable bonds is 3. The summed E-state index contributed by atoms with van der Waals surface area (Å²) >= 11 is 1.72. The standard InChI is InChI=1S/C19H24N4O3S/c1-12-3-4-14-15(9-12)27-19-17(14)18(20-11-21-19)26-10-16(25)23-7-5-22(6-8-23)13(2)24/h11-12H,3-10H2,1-2H3/t12-/m1/s1. The second-order valence-electron chi connectivity index (χ2n) is 7.39. The van der Waals surface area contributed by atoms with Crippen LogP contribution in [0.5, 0.6) is 5.88 Å². The smallest absolute Gasteiger partial charge is 0.260 e. The van der Waals surface area contributed by atoms with E-state index in [1.54, 1.807) is 28.1 Å². The summed E-state index contributed by atoms with van der Waals surface area (Å²) in [4.78, 5) is 38.5. The van der Waals surface area contributed by atoms with E-state index in [-0.39, 0.29) is 18.4 Å². The van der Waals surface area contributed by atoms with Crippen molar-refractivity contribution in [2.75, 3.05) is 32.8 Å². The fraction of sp³-hybridized carbons (Fsp3) is 0.579. The molecule has 1 fully saturated rings. The first kappa shape index (κ1) is 18.2. The topological polar surface area (TPSA) is 75.6 Å². The molecule has 2 aromatic rings. The number of hydrogen-bond acceptors (Lipinski definition) is 6. The molecule has 27 heavy (non-hydrogen) atoms. The van der Waals surface area contributed by atoms with Gasteiger partial charge in [0.15, 0.2) is 6.61 Å². The normalized spacial score (nSPS) is 19.9. The quantitative estimate of drug-likeness (QED) is 0.803. The van der Waals surface area contributed by atoms with Crippen LogP contribution in [0.2, 0.25) is 0 Å². The molecule has 0 aromatic carbocycles. The average Bonchev–Trinajstić information content (AvgIpc) is 3.04. The van der Waals surface area contributed by atoms with Crippen molar-refractivity contribution in [2.45, 2.75) is 33.1 Å². The van der Waals surface area contributed by atoms with E-state index in [1.807, 2.05) is 0 Å². The molecule has 1 saturated heterocycles. The van der Waals surface area contributed by atoms with Gasteiger partial charge in [-0.3, -0.25) is 9.59 Å². The molecule has 0 spiro atoms. The lowest BCUT2D eigenvalue weighted by Gasteiger charge is -2.34. The second kappa shape index (κ2) is 7.42. The van der Waals surface area contributed by atoms with Gasteiger partial charge in [-0.2, -0.15) is 0 Å². The molecule has 0 unspecified atom stereocenters. The van der Waals surface area contributed by atoms with Crippen LogP contribution in [0.1, 0.15) is 30.7 Å². The van der Waals surface area contributed by atoms with Crippen LogP contribution in [-0.4, -0.2) is 64.4 Å². The SMILES string of the molecule is CC(=O)N1CCN(C(=O)COc2ncnc3sc4c(c23)CC[C@@H](C)C4)CC1. The van der Waals surface area contributed by atoms with E-state index in [1.165, 1.54) is 16.8 Å². The maximum Gasteiger partial charge on any atom is 0.260 e. The van der Waals surface area contributed by atoms with Crippen LogP contribution in [0.25, 0.3) is 10.2 Å². The minimum Gasteiger partial charge on any atom is -0.467 e. The highest BCUT2D eigenvalue weighted by molar-refractivity contribution is 7.18. The lowest BCUT2D eigenvalue weighted by Crippen LogP contribution is -2.51. The van der Waals surface area contributed by atoms with Crippen LogP contribution < -0.4 is 4.74 Å². The van der Waals surface area contributed by atoms with Crippen LogP contribution in [0.3, 0.4) is 0 Å². The number of aryl methyl sites for hydroxylation is 1.